The Kier molecular flexibility index (Phi) is 8.49. The Morgan fingerprint density at radius 1 is 1.07 bits per heavy atom. The molecule has 0 aliphatic heterocycles. The van der Waals surface area contributed by atoms with Gasteiger partial charge in [0.15, 0.2) is 18.1 Å². The predicted octanol–water partition coefficient (Wildman–Crippen LogP) is 3.38. The number of nitrogens with one attached hydrogen (secondary N) is 1. The number of ether oxygens (including phenoxy) is 4. The van der Waals surface area contributed by atoms with Gasteiger partial charge in [-0.1, -0.05) is 17.7 Å². The second-order valence-corrected chi connectivity index (χ2v) is 6.33. The molecule has 0 heterocycles. The van der Waals surface area contributed by atoms with Crippen LogP contribution in [0.2, 0.25) is 5.02 Å². The number of carbonyl (C=O) groups excluding carboxylic acids is 2. The van der Waals surface area contributed by atoms with Gasteiger partial charge < -0.3 is 24.3 Å². The molecule has 2 rings (SSSR count). The molecule has 0 radical (unpaired) electrons. The number of rotatable bonds is 9. The number of esters is 1. The molecule has 9 heteroatoms. The van der Waals surface area contributed by atoms with E-state index < -0.39 is 24.3 Å². The van der Waals surface area contributed by atoms with Gasteiger partial charge in [0.2, 0.25) is 5.75 Å². The standard InChI is InChI=1S/C21H21ClFNO6/c1-27-17-9-13(10-18(28-2)21(17)29-3)5-7-20(26)30-12-19(25)24-11-14-4-6-16(23)15(22)8-14/h4-10H,11-12H2,1-3H3,(H,24,25)/b7-5+. The van der Waals surface area contributed by atoms with Gasteiger partial charge >= 0.3 is 5.97 Å². The Balaban J connectivity index is 1.88. The Morgan fingerprint density at radius 3 is 2.30 bits per heavy atom. The third-order valence-electron chi connectivity index (χ3n) is 3.92. The van der Waals surface area contributed by atoms with Gasteiger partial charge in [0.1, 0.15) is 5.82 Å². The molecule has 0 saturated carbocycles. The molecule has 0 fully saturated rings. The normalized spacial score (nSPS) is 10.6. The molecule has 0 aliphatic rings. The van der Waals surface area contributed by atoms with Crippen molar-refractivity contribution in [2.75, 3.05) is 27.9 Å². The van der Waals surface area contributed by atoms with Crippen molar-refractivity contribution < 1.29 is 32.9 Å². The molecule has 2 aromatic rings. The minimum atomic E-state index is -0.705. The first kappa shape index (κ1) is 23.0. The highest BCUT2D eigenvalue weighted by atomic mass is 35.5. The molecule has 0 aromatic heterocycles. The fourth-order valence-corrected chi connectivity index (χ4v) is 2.65. The van der Waals surface area contributed by atoms with E-state index in [1.54, 1.807) is 12.1 Å². The SMILES string of the molecule is COc1cc(/C=C/C(=O)OCC(=O)NCc2ccc(F)c(Cl)c2)cc(OC)c1OC. The summed E-state index contributed by atoms with van der Waals surface area (Å²) in [5.74, 6) is -0.456. The highest BCUT2D eigenvalue weighted by Crippen LogP contribution is 2.38. The van der Waals surface area contributed by atoms with Crippen LogP contribution >= 0.6 is 11.6 Å². The van der Waals surface area contributed by atoms with Gasteiger partial charge in [0.05, 0.1) is 26.4 Å². The molecule has 0 bridgehead atoms. The summed E-state index contributed by atoms with van der Waals surface area (Å²) in [6.45, 7) is -0.342. The second kappa shape index (κ2) is 11.1. The summed E-state index contributed by atoms with van der Waals surface area (Å²) in [5.41, 5.74) is 1.22. The van der Waals surface area contributed by atoms with Gasteiger partial charge in [-0.2, -0.15) is 0 Å². The first-order chi connectivity index (χ1) is 14.4. The molecular formula is C21H21ClFNO6. The van der Waals surface area contributed by atoms with Gasteiger partial charge in [-0.05, 0) is 41.5 Å². The van der Waals surface area contributed by atoms with Crippen molar-refractivity contribution in [3.8, 4) is 17.2 Å². The molecule has 0 unspecified atom stereocenters. The third-order valence-corrected chi connectivity index (χ3v) is 4.21. The van der Waals surface area contributed by atoms with Crippen molar-refractivity contribution in [3.05, 3.63) is 58.4 Å². The van der Waals surface area contributed by atoms with Gasteiger partial charge in [-0.3, -0.25) is 4.79 Å². The fraction of sp³-hybridized carbons (Fsp3) is 0.238. The van der Waals surface area contributed by atoms with Crippen LogP contribution in [0.1, 0.15) is 11.1 Å². The average molecular weight is 438 g/mol. The van der Waals surface area contributed by atoms with Crippen LogP contribution in [-0.4, -0.2) is 39.8 Å². The van der Waals surface area contributed by atoms with Crippen LogP contribution in [0.5, 0.6) is 17.2 Å². The monoisotopic (exact) mass is 437 g/mol. The van der Waals surface area contributed by atoms with E-state index in [9.17, 15) is 14.0 Å². The Hall–Kier alpha value is -3.26. The molecule has 0 spiro atoms. The van der Waals surface area contributed by atoms with Crippen LogP contribution in [0, 0.1) is 5.82 Å². The third kappa shape index (κ3) is 6.38. The van der Waals surface area contributed by atoms with E-state index in [4.69, 9.17) is 30.5 Å². The number of carbonyl (C=O) groups is 2. The number of hydrogen-bond acceptors (Lipinski definition) is 6. The van der Waals surface area contributed by atoms with Gasteiger partial charge in [-0.25, -0.2) is 9.18 Å². The van der Waals surface area contributed by atoms with Crippen molar-refractivity contribution in [2.24, 2.45) is 0 Å². The van der Waals surface area contributed by atoms with E-state index in [0.717, 1.165) is 0 Å². The summed E-state index contributed by atoms with van der Waals surface area (Å²) < 4.78 is 33.8. The zero-order valence-electron chi connectivity index (χ0n) is 16.7. The topological polar surface area (TPSA) is 83.1 Å². The maximum Gasteiger partial charge on any atom is 0.331 e. The summed E-state index contributed by atoms with van der Waals surface area (Å²) >= 11 is 5.68. The zero-order chi connectivity index (χ0) is 22.1. The number of methoxy groups -OCH3 is 3. The summed E-state index contributed by atoms with van der Waals surface area (Å²) in [6.07, 6.45) is 2.67. The number of amides is 1. The van der Waals surface area contributed by atoms with E-state index in [1.165, 1.54) is 51.7 Å². The number of halogens is 2. The molecule has 1 amide bonds. The van der Waals surface area contributed by atoms with Gasteiger partial charge in [0, 0.05) is 12.6 Å². The molecule has 0 saturated heterocycles. The van der Waals surface area contributed by atoms with Crippen LogP contribution in [0.25, 0.3) is 6.08 Å². The Bertz CT molecular complexity index is 922. The Morgan fingerprint density at radius 2 is 1.73 bits per heavy atom. The van der Waals surface area contributed by atoms with Crippen LogP contribution in [0.4, 0.5) is 4.39 Å². The maximum absolute atomic E-state index is 13.1. The quantitative estimate of drug-likeness (QED) is 0.478. The largest absolute Gasteiger partial charge is 0.493 e. The van der Waals surface area contributed by atoms with Crippen molar-refractivity contribution in [3.63, 3.8) is 0 Å². The first-order valence-corrected chi connectivity index (χ1v) is 9.11. The van der Waals surface area contributed by atoms with E-state index in [-0.39, 0.29) is 11.6 Å². The zero-order valence-corrected chi connectivity index (χ0v) is 17.4. The molecule has 0 atom stereocenters. The summed E-state index contributed by atoms with van der Waals surface area (Å²) in [5, 5.41) is 2.51. The maximum atomic E-state index is 13.1. The lowest BCUT2D eigenvalue weighted by atomic mass is 10.1. The Labute approximate surface area is 178 Å². The smallest absolute Gasteiger partial charge is 0.331 e. The van der Waals surface area contributed by atoms with Gasteiger partial charge in [0.25, 0.3) is 5.91 Å². The molecule has 160 valence electrons. The minimum absolute atomic E-state index is 0.0369. The predicted molar refractivity (Wildman–Crippen MR) is 109 cm³/mol. The van der Waals surface area contributed by atoms with Crippen molar-refractivity contribution in [1.29, 1.82) is 0 Å². The van der Waals surface area contributed by atoms with Crippen LogP contribution < -0.4 is 19.5 Å². The highest BCUT2D eigenvalue weighted by Gasteiger charge is 2.12. The van der Waals surface area contributed by atoms with E-state index in [0.29, 0.717) is 28.4 Å². The van der Waals surface area contributed by atoms with E-state index in [1.807, 2.05) is 0 Å². The molecular weight excluding hydrogens is 417 g/mol. The lowest BCUT2D eigenvalue weighted by Crippen LogP contribution is -2.28. The van der Waals surface area contributed by atoms with Crippen LogP contribution in [-0.2, 0) is 20.9 Å². The highest BCUT2D eigenvalue weighted by molar-refractivity contribution is 6.30. The lowest BCUT2D eigenvalue weighted by Gasteiger charge is -2.12. The minimum Gasteiger partial charge on any atom is -0.493 e. The number of hydrogen-bond donors (Lipinski definition) is 1. The van der Waals surface area contributed by atoms with Crippen molar-refractivity contribution in [2.45, 2.75) is 6.54 Å². The fourth-order valence-electron chi connectivity index (χ4n) is 2.45. The van der Waals surface area contributed by atoms with Crippen molar-refractivity contribution >= 4 is 29.6 Å². The summed E-state index contributed by atoms with van der Waals surface area (Å²) in [7, 11) is 4.46. The summed E-state index contributed by atoms with van der Waals surface area (Å²) in [4.78, 5) is 23.7. The lowest BCUT2D eigenvalue weighted by molar-refractivity contribution is -0.143. The van der Waals surface area contributed by atoms with Gasteiger partial charge in [-0.15, -0.1) is 0 Å². The molecule has 1 N–H and O–H groups in total. The summed E-state index contributed by atoms with van der Waals surface area (Å²) in [6, 6.07) is 7.42. The number of benzene rings is 2. The van der Waals surface area contributed by atoms with Crippen molar-refractivity contribution in [1.82, 2.24) is 5.32 Å². The van der Waals surface area contributed by atoms with E-state index in [2.05, 4.69) is 5.32 Å². The molecule has 2 aromatic carbocycles. The second-order valence-electron chi connectivity index (χ2n) is 5.92. The molecule has 30 heavy (non-hydrogen) atoms. The average Bonchev–Trinajstić information content (AvgIpc) is 2.75. The molecule has 7 nitrogen and oxygen atoms in total. The van der Waals surface area contributed by atoms with Crippen LogP contribution in [0.15, 0.2) is 36.4 Å². The van der Waals surface area contributed by atoms with Crippen LogP contribution in [0.3, 0.4) is 0 Å². The first-order valence-electron chi connectivity index (χ1n) is 8.73. The molecule has 0 aliphatic carbocycles. The van der Waals surface area contributed by atoms with E-state index >= 15 is 0 Å².